The molecule has 1 aromatic carbocycles. The fourth-order valence-electron chi connectivity index (χ4n) is 3.15. The highest BCUT2D eigenvalue weighted by atomic mass is 32.1. The maximum absolute atomic E-state index is 5.79. The van der Waals surface area contributed by atoms with Gasteiger partial charge in [-0.25, -0.2) is 0 Å². The summed E-state index contributed by atoms with van der Waals surface area (Å²) in [4.78, 5) is 4.88. The van der Waals surface area contributed by atoms with E-state index in [-0.39, 0.29) is 5.11 Å². The van der Waals surface area contributed by atoms with Gasteiger partial charge in [0.1, 0.15) is 11.5 Å². The lowest BCUT2D eigenvalue weighted by Gasteiger charge is -2.36. The summed E-state index contributed by atoms with van der Waals surface area (Å²) in [6.45, 7) is 9.26. The molecule has 3 rings (SSSR count). The molecule has 1 aromatic heterocycles. The van der Waals surface area contributed by atoms with Crippen LogP contribution in [-0.4, -0.2) is 42.4 Å². The van der Waals surface area contributed by atoms with Gasteiger partial charge in [0.2, 0.25) is 0 Å². The van der Waals surface area contributed by atoms with Crippen LogP contribution in [0.15, 0.2) is 39.9 Å². The molecule has 1 fully saturated rings. The van der Waals surface area contributed by atoms with Crippen molar-refractivity contribution < 1.29 is 4.42 Å². The van der Waals surface area contributed by atoms with Crippen LogP contribution in [0.5, 0.6) is 0 Å². The van der Waals surface area contributed by atoms with E-state index in [0.29, 0.717) is 5.76 Å². The van der Waals surface area contributed by atoms with Crippen LogP contribution in [0.25, 0.3) is 0 Å². The molecule has 0 spiro atoms. The molecule has 0 aliphatic carbocycles. The van der Waals surface area contributed by atoms with E-state index in [9.17, 15) is 0 Å². The van der Waals surface area contributed by atoms with Crippen LogP contribution in [0.1, 0.15) is 22.6 Å². The SMILES string of the molecule is Cc1cccc(N2CCN(Cc3ccc(/C=N/NC(N)=S)o3)CC2)c1C. The van der Waals surface area contributed by atoms with Gasteiger partial charge in [0, 0.05) is 31.9 Å². The molecule has 138 valence electrons. The van der Waals surface area contributed by atoms with E-state index in [1.54, 1.807) is 6.21 Å². The van der Waals surface area contributed by atoms with Crippen LogP contribution < -0.4 is 16.1 Å². The van der Waals surface area contributed by atoms with E-state index in [1.807, 2.05) is 12.1 Å². The van der Waals surface area contributed by atoms with Crippen molar-refractivity contribution in [3.05, 3.63) is 53.0 Å². The van der Waals surface area contributed by atoms with Crippen LogP contribution in [0.3, 0.4) is 0 Å². The third-order valence-electron chi connectivity index (χ3n) is 4.72. The smallest absolute Gasteiger partial charge is 0.184 e. The molecule has 2 heterocycles. The van der Waals surface area contributed by atoms with Crippen molar-refractivity contribution in [3.63, 3.8) is 0 Å². The number of benzene rings is 1. The topological polar surface area (TPSA) is 70.0 Å². The lowest BCUT2D eigenvalue weighted by Crippen LogP contribution is -2.46. The first kappa shape index (κ1) is 18.4. The Labute approximate surface area is 159 Å². The lowest BCUT2D eigenvalue weighted by atomic mass is 10.1. The number of hydrogen-bond acceptors (Lipinski definition) is 5. The molecule has 1 aliphatic rings. The Morgan fingerprint density at radius 1 is 1.23 bits per heavy atom. The molecule has 2 aromatic rings. The molecule has 0 unspecified atom stereocenters. The molecule has 0 atom stereocenters. The fourth-order valence-corrected chi connectivity index (χ4v) is 3.21. The standard InChI is InChI=1S/C19H25N5OS/c1-14-4-3-5-18(15(14)2)24-10-8-23(9-11-24)13-17-7-6-16(25-17)12-21-22-19(20)26/h3-7,12H,8-11,13H2,1-2H3,(H3,20,22,26)/b21-12+. The number of hydrazone groups is 1. The Hall–Kier alpha value is -2.38. The highest BCUT2D eigenvalue weighted by Crippen LogP contribution is 2.24. The molecular weight excluding hydrogens is 346 g/mol. The van der Waals surface area contributed by atoms with Crippen molar-refractivity contribution >= 4 is 29.2 Å². The minimum atomic E-state index is 0.134. The lowest BCUT2D eigenvalue weighted by molar-refractivity contribution is 0.230. The Morgan fingerprint density at radius 3 is 2.73 bits per heavy atom. The van der Waals surface area contributed by atoms with E-state index >= 15 is 0 Å². The molecule has 0 amide bonds. The summed E-state index contributed by atoms with van der Waals surface area (Å²) >= 11 is 4.70. The first-order valence-electron chi connectivity index (χ1n) is 8.73. The number of nitrogens with one attached hydrogen (secondary N) is 1. The van der Waals surface area contributed by atoms with Gasteiger partial charge in [0.05, 0.1) is 12.8 Å². The van der Waals surface area contributed by atoms with Crippen molar-refractivity contribution in [2.45, 2.75) is 20.4 Å². The van der Waals surface area contributed by atoms with Gasteiger partial charge in [0.15, 0.2) is 5.11 Å². The number of nitrogens with two attached hydrogens (primary N) is 1. The van der Waals surface area contributed by atoms with Gasteiger partial charge in [-0.3, -0.25) is 10.3 Å². The van der Waals surface area contributed by atoms with Crippen molar-refractivity contribution in [1.29, 1.82) is 0 Å². The first-order valence-corrected chi connectivity index (χ1v) is 9.14. The van der Waals surface area contributed by atoms with Gasteiger partial charge < -0.3 is 15.1 Å². The highest BCUT2D eigenvalue weighted by molar-refractivity contribution is 7.80. The minimum Gasteiger partial charge on any atom is -0.459 e. The summed E-state index contributed by atoms with van der Waals surface area (Å²) in [5.74, 6) is 1.61. The quantitative estimate of drug-likeness (QED) is 0.478. The van der Waals surface area contributed by atoms with E-state index in [0.717, 1.165) is 38.5 Å². The average Bonchev–Trinajstić information content (AvgIpc) is 3.05. The molecule has 0 radical (unpaired) electrons. The number of nitrogens with zero attached hydrogens (tertiary/aromatic N) is 3. The molecular formula is C19H25N5OS. The number of thiocarbonyl (C=S) groups is 1. The normalized spacial score (nSPS) is 15.5. The van der Waals surface area contributed by atoms with Crippen molar-refractivity contribution in [1.82, 2.24) is 10.3 Å². The number of anilines is 1. The molecule has 3 N–H and O–H groups in total. The van der Waals surface area contributed by atoms with E-state index < -0.39 is 0 Å². The van der Waals surface area contributed by atoms with Gasteiger partial charge >= 0.3 is 0 Å². The Kier molecular flexibility index (Phi) is 5.90. The maximum Gasteiger partial charge on any atom is 0.184 e. The van der Waals surface area contributed by atoms with E-state index in [4.69, 9.17) is 22.4 Å². The summed E-state index contributed by atoms with van der Waals surface area (Å²) in [7, 11) is 0. The van der Waals surface area contributed by atoms with Crippen molar-refractivity contribution in [2.75, 3.05) is 31.1 Å². The minimum absolute atomic E-state index is 0.134. The van der Waals surface area contributed by atoms with Crippen LogP contribution >= 0.6 is 12.2 Å². The molecule has 1 saturated heterocycles. The second-order valence-corrected chi connectivity index (χ2v) is 6.96. The summed E-state index contributed by atoms with van der Waals surface area (Å²) in [6.07, 6.45) is 1.57. The first-order chi connectivity index (χ1) is 12.5. The number of piperazine rings is 1. The van der Waals surface area contributed by atoms with Crippen molar-refractivity contribution in [3.8, 4) is 0 Å². The fraction of sp³-hybridized carbons (Fsp3) is 0.368. The molecule has 6 nitrogen and oxygen atoms in total. The predicted octanol–water partition coefficient (Wildman–Crippen LogP) is 2.39. The van der Waals surface area contributed by atoms with Crippen molar-refractivity contribution in [2.24, 2.45) is 10.8 Å². The largest absolute Gasteiger partial charge is 0.459 e. The Balaban J connectivity index is 1.53. The maximum atomic E-state index is 5.79. The van der Waals surface area contributed by atoms with Crippen LogP contribution in [-0.2, 0) is 6.54 Å². The summed E-state index contributed by atoms with van der Waals surface area (Å²) in [5.41, 5.74) is 11.9. The Morgan fingerprint density at radius 2 is 2.00 bits per heavy atom. The zero-order valence-electron chi connectivity index (χ0n) is 15.2. The van der Waals surface area contributed by atoms with Crippen LogP contribution in [0, 0.1) is 13.8 Å². The second kappa shape index (κ2) is 8.33. The summed E-state index contributed by atoms with van der Waals surface area (Å²) in [5, 5.41) is 4.04. The number of rotatable bonds is 5. The van der Waals surface area contributed by atoms with Gasteiger partial charge in [-0.2, -0.15) is 5.10 Å². The number of furan rings is 1. The van der Waals surface area contributed by atoms with Crippen LogP contribution in [0.2, 0.25) is 0 Å². The van der Waals surface area contributed by atoms with E-state index in [1.165, 1.54) is 16.8 Å². The zero-order valence-corrected chi connectivity index (χ0v) is 16.1. The average molecular weight is 372 g/mol. The third-order valence-corrected chi connectivity index (χ3v) is 4.81. The van der Waals surface area contributed by atoms with Gasteiger partial charge in [-0.15, -0.1) is 0 Å². The van der Waals surface area contributed by atoms with Gasteiger partial charge in [0.25, 0.3) is 0 Å². The Bertz CT molecular complexity index is 793. The predicted molar refractivity (Wildman–Crippen MR) is 110 cm³/mol. The molecule has 0 bridgehead atoms. The highest BCUT2D eigenvalue weighted by Gasteiger charge is 2.19. The number of hydrogen-bond donors (Lipinski definition) is 2. The summed E-state index contributed by atoms with van der Waals surface area (Å²) in [6, 6.07) is 10.4. The zero-order chi connectivity index (χ0) is 18.5. The molecule has 1 aliphatic heterocycles. The molecule has 26 heavy (non-hydrogen) atoms. The summed E-state index contributed by atoms with van der Waals surface area (Å²) < 4.78 is 5.79. The number of aryl methyl sites for hydroxylation is 1. The van der Waals surface area contributed by atoms with E-state index in [2.05, 4.69) is 52.4 Å². The molecule has 7 heteroatoms. The molecule has 0 saturated carbocycles. The monoisotopic (exact) mass is 371 g/mol. The van der Waals surface area contributed by atoms with Gasteiger partial charge in [-0.05, 0) is 55.4 Å². The third kappa shape index (κ3) is 4.62. The second-order valence-electron chi connectivity index (χ2n) is 6.52. The van der Waals surface area contributed by atoms with Crippen LogP contribution in [0.4, 0.5) is 5.69 Å². The van der Waals surface area contributed by atoms with Gasteiger partial charge in [-0.1, -0.05) is 12.1 Å².